The van der Waals surface area contributed by atoms with Crippen LogP contribution in [0, 0.1) is 29.1 Å². The molecule has 10 atom stereocenters. The summed E-state index contributed by atoms with van der Waals surface area (Å²) in [5, 5.41) is 11.3. The molecule has 4 nitrogen and oxygen atoms in total. The topological polar surface area (TPSA) is 13.0 Å². The van der Waals surface area contributed by atoms with Gasteiger partial charge in [-0.2, -0.15) is 0 Å². The summed E-state index contributed by atoms with van der Waals surface area (Å²) in [5.41, 5.74) is 1.16. The van der Waals surface area contributed by atoms with E-state index in [4.69, 9.17) is 0 Å². The molecule has 0 aromatic rings. The Bertz CT molecular complexity index is 568. The minimum absolute atomic E-state index is 0.381. The Labute approximate surface area is 133 Å². The van der Waals surface area contributed by atoms with Crippen molar-refractivity contribution in [1.82, 2.24) is 20.0 Å². The van der Waals surface area contributed by atoms with Gasteiger partial charge < -0.3 is 0 Å². The van der Waals surface area contributed by atoms with E-state index in [9.17, 15) is 0 Å². The van der Waals surface area contributed by atoms with Crippen LogP contribution in [-0.2, 0) is 0 Å². The van der Waals surface area contributed by atoms with E-state index in [2.05, 4.69) is 47.7 Å². The largest absolute Gasteiger partial charge is 0.221 e. The van der Waals surface area contributed by atoms with Gasteiger partial charge in [0.25, 0.3) is 0 Å². The van der Waals surface area contributed by atoms with Crippen LogP contribution in [0.1, 0.15) is 47.0 Å². The van der Waals surface area contributed by atoms with Gasteiger partial charge in [-0.25, -0.2) is 20.0 Å². The Hall–Kier alpha value is -0.160. The maximum absolute atomic E-state index is 2.83. The van der Waals surface area contributed by atoms with Gasteiger partial charge in [0.2, 0.25) is 0 Å². The molecule has 9 rings (SSSR count). The predicted octanol–water partition coefficient (Wildman–Crippen LogP) is 1.95. The van der Waals surface area contributed by atoms with E-state index < -0.39 is 0 Å². The van der Waals surface area contributed by atoms with Crippen molar-refractivity contribution in [3.8, 4) is 0 Å². The first-order chi connectivity index (χ1) is 10.4. The summed E-state index contributed by atoms with van der Waals surface area (Å²) >= 11 is 0. The van der Waals surface area contributed by atoms with Gasteiger partial charge in [-0.1, -0.05) is 20.3 Å². The van der Waals surface area contributed by atoms with E-state index in [1.165, 1.54) is 32.6 Å². The molecule has 2 unspecified atom stereocenters. The number of hydrazine groups is 2. The number of hydrogen-bond acceptors (Lipinski definition) is 4. The molecule has 0 N–H and O–H groups in total. The minimum atomic E-state index is 0.381. The first kappa shape index (κ1) is 12.2. The van der Waals surface area contributed by atoms with Crippen molar-refractivity contribution < 1.29 is 0 Å². The Morgan fingerprint density at radius 1 is 0.727 bits per heavy atom. The van der Waals surface area contributed by atoms with Crippen LogP contribution in [0.4, 0.5) is 0 Å². The fourth-order valence-corrected chi connectivity index (χ4v) is 9.25. The van der Waals surface area contributed by atoms with Crippen LogP contribution in [-0.4, -0.2) is 56.5 Å². The molecule has 6 aliphatic heterocycles. The number of hydrogen-bond donors (Lipinski definition) is 0. The van der Waals surface area contributed by atoms with Crippen molar-refractivity contribution in [2.45, 2.75) is 70.1 Å². The van der Waals surface area contributed by atoms with Crippen LogP contribution in [0.15, 0.2) is 0 Å². The maximum Gasteiger partial charge on any atom is 0.0797 e. The second kappa shape index (κ2) is 2.94. The average molecular weight is 300 g/mol. The summed E-state index contributed by atoms with van der Waals surface area (Å²) in [6, 6.07) is 1.71. The first-order valence-electron chi connectivity index (χ1n) is 9.52. The zero-order chi connectivity index (χ0) is 14.8. The zero-order valence-electron chi connectivity index (χ0n) is 14.3. The van der Waals surface area contributed by atoms with Crippen molar-refractivity contribution in [3.05, 3.63) is 0 Å². The molecule has 6 heterocycles. The SMILES string of the molecule is CC1(C)[C@@]2(C)[C@@H]3[C@H]4[C@@H]5CCC[C@@H]5[C@H]5[C@@H]3[C@]1(C)N1CN5N4CN12. The highest BCUT2D eigenvalue weighted by Gasteiger charge is 2.89. The lowest BCUT2D eigenvalue weighted by atomic mass is 9.55. The highest BCUT2D eigenvalue weighted by molar-refractivity contribution is 5.38. The molecular formula is C18H28N4. The standard InChI is InChI=1S/C18H28N4/c1-16(2)17(3)12-13-15-11-7-5-6-10(11)14(12)19-8-21(17)22(9-20(15)19)18(13,16)4/h10-15H,5-9H2,1-4H3/t10-,11+,12+,13-,14-,15+,17-,18+. The zero-order valence-corrected chi connectivity index (χ0v) is 14.3. The van der Waals surface area contributed by atoms with Crippen molar-refractivity contribution in [3.63, 3.8) is 0 Å². The van der Waals surface area contributed by atoms with Crippen LogP contribution < -0.4 is 0 Å². The van der Waals surface area contributed by atoms with Gasteiger partial charge >= 0.3 is 0 Å². The second-order valence-electron chi connectivity index (χ2n) is 10.2. The van der Waals surface area contributed by atoms with E-state index in [-0.39, 0.29) is 0 Å². The molecule has 0 spiro atoms. The highest BCUT2D eigenvalue weighted by Crippen LogP contribution is 2.79. The van der Waals surface area contributed by atoms with Crippen molar-refractivity contribution >= 4 is 0 Å². The van der Waals surface area contributed by atoms with Crippen LogP contribution in [0.2, 0.25) is 0 Å². The average Bonchev–Trinajstić information content (AvgIpc) is 3.07. The summed E-state index contributed by atoms with van der Waals surface area (Å²) < 4.78 is 0. The minimum Gasteiger partial charge on any atom is -0.221 e. The third-order valence-corrected chi connectivity index (χ3v) is 10.4. The molecule has 6 saturated heterocycles. The molecule has 120 valence electrons. The Kier molecular flexibility index (Phi) is 1.63. The van der Waals surface area contributed by atoms with Crippen LogP contribution >= 0.6 is 0 Å². The normalized spacial score (nSPS) is 72.0. The highest BCUT2D eigenvalue weighted by atomic mass is 15.9. The van der Waals surface area contributed by atoms with Gasteiger partial charge in [0.1, 0.15) is 0 Å². The second-order valence-corrected chi connectivity index (χ2v) is 10.2. The quantitative estimate of drug-likeness (QED) is 0.678. The Morgan fingerprint density at radius 2 is 1.18 bits per heavy atom. The predicted molar refractivity (Wildman–Crippen MR) is 83.1 cm³/mol. The number of rotatable bonds is 0. The fourth-order valence-electron chi connectivity index (χ4n) is 9.25. The molecule has 0 radical (unpaired) electrons. The Balaban J connectivity index is 1.57. The monoisotopic (exact) mass is 300 g/mol. The number of nitrogens with zero attached hydrogens (tertiary/aromatic N) is 4. The Morgan fingerprint density at radius 3 is 1.64 bits per heavy atom. The lowest BCUT2D eigenvalue weighted by molar-refractivity contribution is -0.425. The van der Waals surface area contributed by atoms with Gasteiger partial charge in [0, 0.05) is 40.4 Å². The van der Waals surface area contributed by atoms with Gasteiger partial charge in [-0.05, 0) is 38.5 Å². The van der Waals surface area contributed by atoms with Crippen LogP contribution in [0.5, 0.6) is 0 Å². The van der Waals surface area contributed by atoms with E-state index >= 15 is 0 Å². The summed E-state index contributed by atoms with van der Waals surface area (Å²) in [7, 11) is 0. The van der Waals surface area contributed by atoms with Crippen LogP contribution in [0.25, 0.3) is 0 Å². The molecule has 3 aliphatic carbocycles. The summed E-state index contributed by atoms with van der Waals surface area (Å²) in [5.74, 6) is 3.82. The molecule has 0 aromatic carbocycles. The summed E-state index contributed by atoms with van der Waals surface area (Å²) in [6.07, 6.45) is 4.51. The molecule has 3 saturated carbocycles. The van der Waals surface area contributed by atoms with Crippen molar-refractivity contribution in [2.24, 2.45) is 29.1 Å². The smallest absolute Gasteiger partial charge is 0.0797 e. The molecular weight excluding hydrogens is 272 g/mol. The van der Waals surface area contributed by atoms with E-state index in [1.807, 2.05) is 0 Å². The molecule has 0 amide bonds. The fraction of sp³-hybridized carbons (Fsp3) is 1.00. The van der Waals surface area contributed by atoms with Gasteiger partial charge in [0.15, 0.2) is 0 Å². The van der Waals surface area contributed by atoms with Gasteiger partial charge in [0.05, 0.1) is 13.3 Å². The van der Waals surface area contributed by atoms with Gasteiger partial charge in [-0.15, -0.1) is 0 Å². The first-order valence-corrected chi connectivity index (χ1v) is 9.52. The molecule has 4 heteroatoms. The third kappa shape index (κ3) is 0.767. The van der Waals surface area contributed by atoms with E-state index in [0.29, 0.717) is 16.5 Å². The van der Waals surface area contributed by atoms with Crippen molar-refractivity contribution in [2.75, 3.05) is 13.3 Å². The molecule has 9 aliphatic rings. The molecule has 10 bridgehead atoms. The van der Waals surface area contributed by atoms with Crippen LogP contribution in [0.3, 0.4) is 0 Å². The van der Waals surface area contributed by atoms with Gasteiger partial charge in [-0.3, -0.25) is 0 Å². The summed E-state index contributed by atoms with van der Waals surface area (Å²) in [4.78, 5) is 0. The molecule has 22 heavy (non-hydrogen) atoms. The third-order valence-electron chi connectivity index (χ3n) is 10.4. The lowest BCUT2D eigenvalue weighted by Crippen LogP contribution is -2.91. The maximum atomic E-state index is 2.83. The van der Waals surface area contributed by atoms with E-state index in [0.717, 1.165) is 35.8 Å². The molecule has 9 fully saturated rings. The lowest BCUT2D eigenvalue weighted by Gasteiger charge is -2.78. The van der Waals surface area contributed by atoms with Crippen molar-refractivity contribution in [1.29, 1.82) is 0 Å². The summed E-state index contributed by atoms with van der Waals surface area (Å²) in [6.45, 7) is 12.8. The van der Waals surface area contributed by atoms with E-state index in [1.54, 1.807) is 0 Å². The molecule has 0 aromatic heterocycles.